The smallest absolute Gasteiger partial charge is 0.264 e. The molecule has 5 rings (SSSR count). The second-order valence-corrected chi connectivity index (χ2v) is 10.9. The van der Waals surface area contributed by atoms with Gasteiger partial charge in [0.2, 0.25) is 5.95 Å². The van der Waals surface area contributed by atoms with Gasteiger partial charge in [-0.3, -0.25) is 4.79 Å². The Hall–Kier alpha value is -3.08. The van der Waals surface area contributed by atoms with Crippen molar-refractivity contribution in [2.45, 2.75) is 17.4 Å². The molecule has 0 radical (unpaired) electrons. The Morgan fingerprint density at radius 3 is 2.84 bits per heavy atom. The van der Waals surface area contributed by atoms with E-state index < -0.39 is 15.9 Å². The minimum Gasteiger partial charge on any atom is -0.391 e. The van der Waals surface area contributed by atoms with Crippen molar-refractivity contribution < 1.29 is 18.3 Å². The highest BCUT2D eigenvalue weighted by molar-refractivity contribution is 7.90. The van der Waals surface area contributed by atoms with Crippen LogP contribution >= 0.6 is 11.3 Å². The van der Waals surface area contributed by atoms with Crippen molar-refractivity contribution in [2.75, 3.05) is 24.7 Å². The maximum absolute atomic E-state index is 12.9. The molecule has 1 fully saturated rings. The van der Waals surface area contributed by atoms with Crippen molar-refractivity contribution in [3.05, 3.63) is 53.5 Å². The van der Waals surface area contributed by atoms with Crippen molar-refractivity contribution in [1.82, 2.24) is 14.9 Å². The molecular weight excluding hydrogens is 448 g/mol. The van der Waals surface area contributed by atoms with E-state index in [1.807, 2.05) is 18.2 Å². The molecule has 10 heteroatoms. The van der Waals surface area contributed by atoms with Gasteiger partial charge in [-0.05, 0) is 42.8 Å². The molecule has 8 nitrogen and oxygen atoms in total. The maximum atomic E-state index is 12.9. The predicted octanol–water partition coefficient (Wildman–Crippen LogP) is 3.20. The number of nitrogens with one attached hydrogen (secondary N) is 1. The molecule has 1 atom stereocenters. The van der Waals surface area contributed by atoms with E-state index in [0.29, 0.717) is 41.5 Å². The van der Waals surface area contributed by atoms with E-state index >= 15 is 0 Å². The highest BCUT2D eigenvalue weighted by Crippen LogP contribution is 2.33. The molecule has 0 bridgehead atoms. The fraction of sp³-hybridized carbons (Fsp3) is 0.227. The van der Waals surface area contributed by atoms with Crippen LogP contribution in [0.4, 0.5) is 11.6 Å². The van der Waals surface area contributed by atoms with Crippen molar-refractivity contribution in [1.29, 1.82) is 0 Å². The van der Waals surface area contributed by atoms with Crippen LogP contribution in [0.3, 0.4) is 0 Å². The number of anilines is 2. The number of aliphatic hydroxyl groups is 1. The third-order valence-electron chi connectivity index (χ3n) is 5.43. The number of aromatic nitrogens is 2. The zero-order valence-corrected chi connectivity index (χ0v) is 18.8. The van der Waals surface area contributed by atoms with Crippen LogP contribution in [-0.4, -0.2) is 59.7 Å². The minimum atomic E-state index is -3.33. The number of aliphatic hydroxyl groups excluding tert-OH is 1. The normalized spacial score (nSPS) is 16.7. The molecule has 1 saturated heterocycles. The van der Waals surface area contributed by atoms with Gasteiger partial charge in [0, 0.05) is 46.7 Å². The highest BCUT2D eigenvalue weighted by atomic mass is 32.2. The number of nitrogens with zero attached hydrogens (tertiary/aromatic N) is 3. The number of hydrogen-bond donors (Lipinski definition) is 2. The summed E-state index contributed by atoms with van der Waals surface area (Å²) in [5, 5.41) is 14.5. The number of sulfone groups is 1. The van der Waals surface area contributed by atoms with Crippen molar-refractivity contribution in [2.24, 2.45) is 0 Å². The van der Waals surface area contributed by atoms with Gasteiger partial charge in [-0.15, -0.1) is 11.3 Å². The Bertz CT molecular complexity index is 1470. The molecule has 2 aromatic heterocycles. The van der Waals surface area contributed by atoms with Gasteiger partial charge < -0.3 is 15.3 Å². The van der Waals surface area contributed by atoms with Crippen LogP contribution < -0.4 is 5.32 Å². The van der Waals surface area contributed by atoms with Crippen molar-refractivity contribution in [3.8, 4) is 0 Å². The number of carbonyl (C=O) groups excluding carboxylic acids is 1. The zero-order valence-electron chi connectivity index (χ0n) is 17.1. The minimum absolute atomic E-state index is 0.0825. The third-order valence-corrected chi connectivity index (χ3v) is 7.63. The van der Waals surface area contributed by atoms with Gasteiger partial charge >= 0.3 is 0 Å². The van der Waals surface area contributed by atoms with E-state index in [0.717, 1.165) is 21.7 Å². The third kappa shape index (κ3) is 3.92. The molecule has 1 amide bonds. The number of carbonyl (C=O) groups is 1. The van der Waals surface area contributed by atoms with E-state index in [-0.39, 0.29) is 10.8 Å². The molecule has 32 heavy (non-hydrogen) atoms. The molecule has 2 aromatic carbocycles. The summed E-state index contributed by atoms with van der Waals surface area (Å²) in [7, 11) is -3.33. The van der Waals surface area contributed by atoms with E-state index in [9.17, 15) is 18.3 Å². The quantitative estimate of drug-likeness (QED) is 0.473. The highest BCUT2D eigenvalue weighted by Gasteiger charge is 2.26. The molecule has 0 spiro atoms. The average Bonchev–Trinajstić information content (AvgIpc) is 3.39. The van der Waals surface area contributed by atoms with Crippen LogP contribution in [0.2, 0.25) is 0 Å². The summed E-state index contributed by atoms with van der Waals surface area (Å²) in [6.07, 6.45) is 2.99. The number of likely N-dealkylation sites (tertiary alicyclic amines) is 1. The summed E-state index contributed by atoms with van der Waals surface area (Å²) in [6.45, 7) is 0.911. The van der Waals surface area contributed by atoms with Crippen LogP contribution in [0.1, 0.15) is 16.1 Å². The molecule has 1 aliphatic heterocycles. The first kappa shape index (κ1) is 20.8. The number of benzene rings is 2. The summed E-state index contributed by atoms with van der Waals surface area (Å²) >= 11 is 1.40. The number of β-amino-alcohol motifs (C(OH)–C–C–N with tert-alkyl or cyclic N) is 1. The Kier molecular flexibility index (Phi) is 5.07. The molecule has 0 aliphatic carbocycles. The lowest BCUT2D eigenvalue weighted by Crippen LogP contribution is -2.28. The van der Waals surface area contributed by atoms with E-state index in [1.54, 1.807) is 23.2 Å². The van der Waals surface area contributed by atoms with Crippen LogP contribution in [0.25, 0.3) is 21.0 Å². The number of amides is 1. The van der Waals surface area contributed by atoms with E-state index in [1.165, 1.54) is 23.5 Å². The molecule has 2 N–H and O–H groups in total. The van der Waals surface area contributed by atoms with Crippen LogP contribution in [0.5, 0.6) is 0 Å². The summed E-state index contributed by atoms with van der Waals surface area (Å²) in [6, 6.07) is 12.2. The first-order valence-corrected chi connectivity index (χ1v) is 12.7. The number of thiophene rings is 1. The Labute approximate surface area is 188 Å². The average molecular weight is 469 g/mol. The van der Waals surface area contributed by atoms with Gasteiger partial charge in [-0.2, -0.15) is 0 Å². The second kappa shape index (κ2) is 7.80. The van der Waals surface area contributed by atoms with Crippen LogP contribution in [0.15, 0.2) is 53.6 Å². The molecule has 1 unspecified atom stereocenters. The SMILES string of the molecule is CS(=O)(=O)c1cccc(Nc2ncc3ccc4sc(C(=O)N5CCC(O)C5)cc4c3n2)c1. The number of fused-ring (bicyclic) bond motifs is 3. The van der Waals surface area contributed by atoms with E-state index in [4.69, 9.17) is 0 Å². The monoisotopic (exact) mass is 468 g/mol. The first-order valence-electron chi connectivity index (χ1n) is 10.0. The van der Waals surface area contributed by atoms with Gasteiger partial charge in [0.05, 0.1) is 21.4 Å². The predicted molar refractivity (Wildman–Crippen MR) is 124 cm³/mol. The lowest BCUT2D eigenvalue weighted by Gasteiger charge is -2.13. The molecule has 164 valence electrons. The molecular formula is C22H20N4O4S2. The van der Waals surface area contributed by atoms with Crippen molar-refractivity contribution in [3.63, 3.8) is 0 Å². The van der Waals surface area contributed by atoms with Gasteiger partial charge in [0.25, 0.3) is 5.91 Å². The Morgan fingerprint density at radius 2 is 2.09 bits per heavy atom. The van der Waals surface area contributed by atoms with Gasteiger partial charge in [0.15, 0.2) is 9.84 Å². The zero-order chi connectivity index (χ0) is 22.5. The van der Waals surface area contributed by atoms with Crippen LogP contribution in [-0.2, 0) is 9.84 Å². The number of rotatable bonds is 4. The number of hydrogen-bond acceptors (Lipinski definition) is 8. The van der Waals surface area contributed by atoms with Gasteiger partial charge in [-0.1, -0.05) is 6.07 Å². The standard InChI is InChI=1S/C22H20N4O4S2/c1-32(29,30)16-4-2-3-14(9-16)24-22-23-11-13-5-6-18-17(20(13)25-22)10-19(31-18)21(28)26-8-7-15(27)12-26/h2-6,9-11,15,27H,7-8,12H2,1H3,(H,23,24,25). The van der Waals surface area contributed by atoms with Crippen molar-refractivity contribution >= 4 is 59.7 Å². The summed E-state index contributed by atoms with van der Waals surface area (Å²) in [4.78, 5) is 24.3. The fourth-order valence-corrected chi connectivity index (χ4v) is 5.49. The molecule has 0 saturated carbocycles. The lowest BCUT2D eigenvalue weighted by atomic mass is 10.2. The maximum Gasteiger partial charge on any atom is 0.264 e. The summed E-state index contributed by atoms with van der Waals surface area (Å²) in [5.41, 5.74) is 1.27. The second-order valence-electron chi connectivity index (χ2n) is 7.84. The Balaban J connectivity index is 1.51. The topological polar surface area (TPSA) is 112 Å². The summed E-state index contributed by atoms with van der Waals surface area (Å²) < 4.78 is 24.6. The summed E-state index contributed by atoms with van der Waals surface area (Å²) in [5.74, 6) is 0.248. The van der Waals surface area contributed by atoms with Crippen LogP contribution in [0, 0.1) is 0 Å². The first-order chi connectivity index (χ1) is 15.3. The molecule has 1 aliphatic rings. The lowest BCUT2D eigenvalue weighted by molar-refractivity contribution is 0.0770. The molecule has 4 aromatic rings. The van der Waals surface area contributed by atoms with E-state index in [2.05, 4.69) is 15.3 Å². The largest absolute Gasteiger partial charge is 0.391 e. The van der Waals surface area contributed by atoms with Gasteiger partial charge in [0.1, 0.15) is 0 Å². The fourth-order valence-electron chi connectivity index (χ4n) is 3.79. The van der Waals surface area contributed by atoms with Gasteiger partial charge in [-0.25, -0.2) is 18.4 Å². The Morgan fingerprint density at radius 1 is 1.25 bits per heavy atom. The molecule has 3 heterocycles.